The Morgan fingerprint density at radius 3 is 3.00 bits per heavy atom. The molecule has 0 spiro atoms. The Morgan fingerprint density at radius 1 is 1.50 bits per heavy atom. The summed E-state index contributed by atoms with van der Waals surface area (Å²) >= 11 is 0. The Labute approximate surface area is 72.1 Å². The van der Waals surface area contributed by atoms with E-state index in [2.05, 4.69) is 0 Å². The lowest BCUT2D eigenvalue weighted by atomic mass is 10.2. The number of aliphatic hydroxyl groups is 1. The molecule has 0 amide bonds. The minimum Gasteiger partial charge on any atom is -0.465 e. The summed E-state index contributed by atoms with van der Waals surface area (Å²) < 4.78 is 5.21. The zero-order valence-electron chi connectivity index (χ0n) is 7.03. The van der Waals surface area contributed by atoms with Crippen LogP contribution in [0.2, 0.25) is 0 Å². The van der Waals surface area contributed by atoms with Crippen LogP contribution in [0.25, 0.3) is 0 Å². The molecule has 1 aromatic carbocycles. The molecule has 0 aliphatic rings. The zero-order chi connectivity index (χ0) is 8.81. The second kappa shape index (κ2) is 4.57. The molecule has 0 unspecified atom stereocenters. The van der Waals surface area contributed by atoms with Crippen molar-refractivity contribution in [3.8, 4) is 5.75 Å². The molecule has 2 nitrogen and oxygen atoms in total. The third-order valence-electron chi connectivity index (χ3n) is 1.42. The minimum atomic E-state index is 0.0487. The third-order valence-corrected chi connectivity index (χ3v) is 1.42. The first kappa shape index (κ1) is 8.81. The van der Waals surface area contributed by atoms with Crippen molar-refractivity contribution in [2.24, 2.45) is 0 Å². The average molecular weight is 164 g/mol. The number of rotatable bonds is 3. The Balaban J connectivity index is 2.72. The molecule has 0 bridgehead atoms. The zero-order valence-corrected chi connectivity index (χ0v) is 7.03. The fraction of sp³-hybridized carbons (Fsp3) is 0.200. The molecule has 64 valence electrons. The van der Waals surface area contributed by atoms with Crippen molar-refractivity contribution >= 4 is 0 Å². The second-order valence-electron chi connectivity index (χ2n) is 2.39. The van der Waals surface area contributed by atoms with E-state index in [9.17, 15) is 0 Å². The van der Waals surface area contributed by atoms with Gasteiger partial charge in [-0.2, -0.15) is 0 Å². The Morgan fingerprint density at radius 2 is 2.33 bits per heavy atom. The summed E-state index contributed by atoms with van der Waals surface area (Å²) in [6.45, 7) is 1.93. The Kier molecular flexibility index (Phi) is 3.35. The first-order valence-electron chi connectivity index (χ1n) is 3.84. The lowest BCUT2D eigenvalue weighted by Crippen LogP contribution is -1.85. The van der Waals surface area contributed by atoms with Gasteiger partial charge in [0.05, 0.1) is 12.9 Å². The van der Waals surface area contributed by atoms with E-state index in [1.807, 2.05) is 31.2 Å². The van der Waals surface area contributed by atoms with Crippen molar-refractivity contribution in [3.05, 3.63) is 42.2 Å². The van der Waals surface area contributed by atoms with E-state index in [0.717, 1.165) is 11.3 Å². The molecule has 1 N–H and O–H groups in total. The predicted molar refractivity (Wildman–Crippen MR) is 47.8 cm³/mol. The van der Waals surface area contributed by atoms with Gasteiger partial charge in [-0.05, 0) is 24.6 Å². The van der Waals surface area contributed by atoms with Gasteiger partial charge in [0, 0.05) is 0 Å². The van der Waals surface area contributed by atoms with Crippen LogP contribution in [0.15, 0.2) is 36.6 Å². The maximum absolute atomic E-state index is 8.81. The molecular formula is C10H12O2. The highest BCUT2D eigenvalue weighted by atomic mass is 16.5. The monoisotopic (exact) mass is 164 g/mol. The van der Waals surface area contributed by atoms with Crippen LogP contribution in [-0.4, -0.2) is 5.11 Å². The molecule has 0 saturated heterocycles. The van der Waals surface area contributed by atoms with Crippen molar-refractivity contribution in [1.82, 2.24) is 0 Å². The maximum atomic E-state index is 8.81. The van der Waals surface area contributed by atoms with Gasteiger partial charge in [0.1, 0.15) is 5.75 Å². The van der Waals surface area contributed by atoms with E-state index in [1.165, 1.54) is 0 Å². The second-order valence-corrected chi connectivity index (χ2v) is 2.39. The number of aliphatic hydroxyl groups excluding tert-OH is 1. The van der Waals surface area contributed by atoms with Crippen LogP contribution in [0.4, 0.5) is 0 Å². The number of benzene rings is 1. The molecule has 12 heavy (non-hydrogen) atoms. The molecule has 0 saturated carbocycles. The third kappa shape index (κ3) is 2.40. The van der Waals surface area contributed by atoms with Crippen molar-refractivity contribution in [3.63, 3.8) is 0 Å². The van der Waals surface area contributed by atoms with Gasteiger partial charge in [-0.1, -0.05) is 18.2 Å². The summed E-state index contributed by atoms with van der Waals surface area (Å²) in [5, 5.41) is 8.81. The van der Waals surface area contributed by atoms with Gasteiger partial charge in [-0.3, -0.25) is 0 Å². The topological polar surface area (TPSA) is 29.5 Å². The summed E-state index contributed by atoms with van der Waals surface area (Å²) in [7, 11) is 0. The molecule has 0 heterocycles. The van der Waals surface area contributed by atoms with Crippen LogP contribution in [-0.2, 0) is 6.61 Å². The van der Waals surface area contributed by atoms with Crippen LogP contribution >= 0.6 is 0 Å². The van der Waals surface area contributed by atoms with Gasteiger partial charge in [-0.25, -0.2) is 0 Å². The van der Waals surface area contributed by atoms with Crippen LogP contribution in [0, 0.1) is 0 Å². The summed E-state index contributed by atoms with van der Waals surface area (Å²) in [5.41, 5.74) is 0.858. The Hall–Kier alpha value is -1.28. The first-order chi connectivity index (χ1) is 5.86. The van der Waals surface area contributed by atoms with Crippen LogP contribution in [0.5, 0.6) is 5.75 Å². The molecule has 0 aromatic heterocycles. The largest absolute Gasteiger partial charge is 0.465 e. The fourth-order valence-electron chi connectivity index (χ4n) is 0.864. The molecule has 0 radical (unpaired) electrons. The number of hydrogen-bond acceptors (Lipinski definition) is 2. The summed E-state index contributed by atoms with van der Waals surface area (Å²) in [6.07, 6.45) is 3.42. The minimum absolute atomic E-state index is 0.0487. The van der Waals surface area contributed by atoms with Gasteiger partial charge >= 0.3 is 0 Å². The predicted octanol–water partition coefficient (Wildman–Crippen LogP) is 2.09. The quantitative estimate of drug-likeness (QED) is 0.693. The number of ether oxygens (including phenoxy) is 1. The molecular weight excluding hydrogens is 152 g/mol. The molecule has 0 atom stereocenters. The highest BCUT2D eigenvalue weighted by Gasteiger charge is 1.92. The van der Waals surface area contributed by atoms with Crippen LogP contribution < -0.4 is 4.74 Å². The smallest absolute Gasteiger partial charge is 0.126 e. The molecule has 0 aliphatic heterocycles. The van der Waals surface area contributed by atoms with Gasteiger partial charge < -0.3 is 9.84 Å². The lowest BCUT2D eigenvalue weighted by molar-refractivity contribution is 0.281. The van der Waals surface area contributed by atoms with E-state index in [1.54, 1.807) is 12.3 Å². The van der Waals surface area contributed by atoms with Crippen molar-refractivity contribution in [2.45, 2.75) is 13.5 Å². The van der Waals surface area contributed by atoms with E-state index < -0.39 is 0 Å². The normalized spacial score (nSPS) is 10.5. The number of allylic oxidation sites excluding steroid dienone is 1. The Bertz CT molecular complexity index is 266. The molecule has 0 fully saturated rings. The highest BCUT2D eigenvalue weighted by molar-refractivity contribution is 5.28. The van der Waals surface area contributed by atoms with Gasteiger partial charge in [0.15, 0.2) is 0 Å². The molecule has 1 aromatic rings. The van der Waals surface area contributed by atoms with Gasteiger partial charge in [0.25, 0.3) is 0 Å². The SMILES string of the molecule is CC=COc1cccc(CO)c1. The van der Waals surface area contributed by atoms with E-state index in [0.29, 0.717) is 0 Å². The van der Waals surface area contributed by atoms with E-state index >= 15 is 0 Å². The van der Waals surface area contributed by atoms with Crippen molar-refractivity contribution in [1.29, 1.82) is 0 Å². The standard InChI is InChI=1S/C10H12O2/c1-2-6-12-10-5-3-4-9(7-10)8-11/h2-7,11H,8H2,1H3. The van der Waals surface area contributed by atoms with Crippen LogP contribution in [0.1, 0.15) is 12.5 Å². The van der Waals surface area contributed by atoms with Gasteiger partial charge in [-0.15, -0.1) is 0 Å². The molecule has 2 heteroatoms. The summed E-state index contributed by atoms with van der Waals surface area (Å²) in [5.74, 6) is 0.750. The summed E-state index contributed by atoms with van der Waals surface area (Å²) in [6, 6.07) is 7.35. The van der Waals surface area contributed by atoms with E-state index in [4.69, 9.17) is 9.84 Å². The lowest BCUT2D eigenvalue weighted by Gasteiger charge is -2.00. The first-order valence-corrected chi connectivity index (χ1v) is 3.84. The molecule has 0 aliphatic carbocycles. The van der Waals surface area contributed by atoms with Crippen LogP contribution in [0.3, 0.4) is 0 Å². The molecule has 1 rings (SSSR count). The van der Waals surface area contributed by atoms with Crippen molar-refractivity contribution < 1.29 is 9.84 Å². The summed E-state index contributed by atoms with van der Waals surface area (Å²) in [4.78, 5) is 0. The fourth-order valence-corrected chi connectivity index (χ4v) is 0.864. The van der Waals surface area contributed by atoms with Crippen molar-refractivity contribution in [2.75, 3.05) is 0 Å². The number of hydrogen-bond donors (Lipinski definition) is 1. The van der Waals surface area contributed by atoms with E-state index in [-0.39, 0.29) is 6.61 Å². The maximum Gasteiger partial charge on any atom is 0.126 e. The highest BCUT2D eigenvalue weighted by Crippen LogP contribution is 2.13. The average Bonchev–Trinajstić information content (AvgIpc) is 2.15. The van der Waals surface area contributed by atoms with Gasteiger partial charge in [0.2, 0.25) is 0 Å².